The maximum absolute atomic E-state index is 13.3. The van der Waals surface area contributed by atoms with Gasteiger partial charge in [0.25, 0.3) is 5.91 Å². The largest absolute Gasteiger partial charge is 0.336 e. The van der Waals surface area contributed by atoms with Crippen molar-refractivity contribution < 1.29 is 17.6 Å². The lowest BCUT2D eigenvalue weighted by atomic mass is 9.99. The number of piperazine rings is 1. The molecule has 1 aliphatic rings. The summed E-state index contributed by atoms with van der Waals surface area (Å²) in [5.74, 6) is -0.364. The van der Waals surface area contributed by atoms with Crippen LogP contribution >= 0.6 is 0 Å². The molecule has 1 fully saturated rings. The van der Waals surface area contributed by atoms with Gasteiger partial charge in [0.15, 0.2) is 0 Å². The minimum Gasteiger partial charge on any atom is -0.336 e. The Hall–Kier alpha value is -2.25. The van der Waals surface area contributed by atoms with Crippen LogP contribution in [0.25, 0.3) is 0 Å². The van der Waals surface area contributed by atoms with Crippen LogP contribution in [0.4, 0.5) is 4.39 Å². The van der Waals surface area contributed by atoms with Crippen LogP contribution in [0.15, 0.2) is 53.4 Å². The van der Waals surface area contributed by atoms with Gasteiger partial charge < -0.3 is 4.90 Å². The third-order valence-electron chi connectivity index (χ3n) is 5.30. The second-order valence-corrected chi connectivity index (χ2v) is 9.02. The van der Waals surface area contributed by atoms with Crippen LogP contribution < -0.4 is 0 Å². The maximum Gasteiger partial charge on any atom is 0.254 e. The molecule has 0 spiro atoms. The third kappa shape index (κ3) is 4.25. The van der Waals surface area contributed by atoms with Crippen molar-refractivity contribution in [1.29, 1.82) is 0 Å². The average molecular weight is 405 g/mol. The molecule has 1 amide bonds. The number of carbonyl (C=O) groups excluding carboxylic acids is 1. The summed E-state index contributed by atoms with van der Waals surface area (Å²) in [5, 5.41) is 0. The van der Waals surface area contributed by atoms with Gasteiger partial charge in [0, 0.05) is 31.7 Å². The molecule has 28 heavy (non-hydrogen) atoms. The first-order valence-corrected chi connectivity index (χ1v) is 10.9. The van der Waals surface area contributed by atoms with Crippen LogP contribution in [0.3, 0.4) is 0 Å². The molecule has 0 aliphatic carbocycles. The number of nitrogens with zero attached hydrogens (tertiary/aromatic N) is 2. The number of amides is 1. The molecule has 1 unspecified atom stereocenters. The molecule has 7 heteroatoms. The third-order valence-corrected chi connectivity index (χ3v) is 7.21. The van der Waals surface area contributed by atoms with Crippen molar-refractivity contribution in [3.63, 3.8) is 0 Å². The van der Waals surface area contributed by atoms with Crippen molar-refractivity contribution in [3.8, 4) is 0 Å². The molecule has 0 N–H and O–H groups in total. The lowest BCUT2D eigenvalue weighted by molar-refractivity contribution is 0.0697. The summed E-state index contributed by atoms with van der Waals surface area (Å²) in [5.41, 5.74) is 1.39. The molecule has 2 aromatic rings. The predicted octanol–water partition coefficient (Wildman–Crippen LogP) is 3.49. The highest BCUT2D eigenvalue weighted by molar-refractivity contribution is 7.89. The second-order valence-electron chi connectivity index (χ2n) is 7.08. The standard InChI is InChI=1S/C21H25FN2O3S/c1-3-16(2)17-7-9-20(10-8-17)28(26,27)24-13-11-23(12-14-24)21(25)18-5-4-6-19(22)15-18/h4-10,15-16H,3,11-14H2,1-2H3. The molecule has 2 aromatic carbocycles. The SMILES string of the molecule is CCC(C)c1ccc(S(=O)(=O)N2CCN(C(=O)c3cccc(F)c3)CC2)cc1. The van der Waals surface area contributed by atoms with Gasteiger partial charge in [-0.15, -0.1) is 0 Å². The minimum atomic E-state index is -3.60. The summed E-state index contributed by atoms with van der Waals surface area (Å²) in [6.07, 6.45) is 0.993. The van der Waals surface area contributed by atoms with Gasteiger partial charge in [-0.25, -0.2) is 12.8 Å². The van der Waals surface area contributed by atoms with Crippen LogP contribution in [0.5, 0.6) is 0 Å². The highest BCUT2D eigenvalue weighted by Crippen LogP contribution is 2.23. The fraction of sp³-hybridized carbons (Fsp3) is 0.381. The van der Waals surface area contributed by atoms with Crippen molar-refractivity contribution in [2.75, 3.05) is 26.2 Å². The van der Waals surface area contributed by atoms with E-state index in [0.717, 1.165) is 12.0 Å². The Morgan fingerprint density at radius 1 is 1.07 bits per heavy atom. The molecule has 0 bridgehead atoms. The fourth-order valence-electron chi connectivity index (χ4n) is 3.29. The molecule has 0 aromatic heterocycles. The molecule has 0 saturated carbocycles. The zero-order valence-corrected chi connectivity index (χ0v) is 17.0. The number of rotatable bonds is 5. The minimum absolute atomic E-state index is 0.219. The van der Waals surface area contributed by atoms with Gasteiger partial charge in [-0.05, 0) is 48.2 Å². The average Bonchev–Trinajstić information content (AvgIpc) is 2.72. The van der Waals surface area contributed by atoms with E-state index in [4.69, 9.17) is 0 Å². The Labute approximate surface area is 165 Å². The first kappa shape index (κ1) is 20.5. The highest BCUT2D eigenvalue weighted by Gasteiger charge is 2.30. The zero-order chi connectivity index (χ0) is 20.3. The molecule has 0 radical (unpaired) electrons. The van der Waals surface area contributed by atoms with Gasteiger partial charge in [-0.3, -0.25) is 4.79 Å². The highest BCUT2D eigenvalue weighted by atomic mass is 32.2. The van der Waals surface area contributed by atoms with E-state index in [0.29, 0.717) is 5.92 Å². The molecular weight excluding hydrogens is 379 g/mol. The summed E-state index contributed by atoms with van der Waals surface area (Å²) >= 11 is 0. The van der Waals surface area contributed by atoms with Gasteiger partial charge in [0.05, 0.1) is 4.90 Å². The number of hydrogen-bond acceptors (Lipinski definition) is 3. The first-order valence-electron chi connectivity index (χ1n) is 9.48. The van der Waals surface area contributed by atoms with E-state index in [9.17, 15) is 17.6 Å². The first-order chi connectivity index (χ1) is 13.3. The Bertz CT molecular complexity index is 936. The monoisotopic (exact) mass is 404 g/mol. The van der Waals surface area contributed by atoms with E-state index in [1.807, 2.05) is 12.1 Å². The van der Waals surface area contributed by atoms with E-state index < -0.39 is 15.8 Å². The normalized spacial score (nSPS) is 16.8. The van der Waals surface area contributed by atoms with E-state index in [2.05, 4.69) is 13.8 Å². The predicted molar refractivity (Wildman–Crippen MR) is 106 cm³/mol. The molecule has 1 aliphatic heterocycles. The zero-order valence-electron chi connectivity index (χ0n) is 16.1. The van der Waals surface area contributed by atoms with Gasteiger partial charge in [0.2, 0.25) is 10.0 Å². The fourth-order valence-corrected chi connectivity index (χ4v) is 4.71. The lowest BCUT2D eigenvalue weighted by Crippen LogP contribution is -2.50. The molecule has 3 rings (SSSR count). The van der Waals surface area contributed by atoms with Crippen molar-refractivity contribution in [2.24, 2.45) is 0 Å². The Morgan fingerprint density at radius 2 is 1.71 bits per heavy atom. The molecule has 1 heterocycles. The van der Waals surface area contributed by atoms with Crippen LogP contribution in [-0.2, 0) is 10.0 Å². The Kier molecular flexibility index (Phi) is 6.15. The molecule has 5 nitrogen and oxygen atoms in total. The molecule has 1 saturated heterocycles. The topological polar surface area (TPSA) is 57.7 Å². The van der Waals surface area contributed by atoms with Crippen LogP contribution in [0, 0.1) is 5.82 Å². The Morgan fingerprint density at radius 3 is 2.29 bits per heavy atom. The summed E-state index contributed by atoms with van der Waals surface area (Å²) in [6, 6.07) is 12.6. The summed E-state index contributed by atoms with van der Waals surface area (Å²) < 4.78 is 40.6. The van der Waals surface area contributed by atoms with Gasteiger partial charge >= 0.3 is 0 Å². The van der Waals surface area contributed by atoms with E-state index in [1.165, 1.54) is 22.5 Å². The van der Waals surface area contributed by atoms with Crippen molar-refractivity contribution in [1.82, 2.24) is 9.21 Å². The number of halogens is 1. The quantitative estimate of drug-likeness (QED) is 0.767. The number of benzene rings is 2. The van der Waals surface area contributed by atoms with Crippen LogP contribution in [0.1, 0.15) is 42.1 Å². The Balaban J connectivity index is 1.67. The van der Waals surface area contributed by atoms with Gasteiger partial charge in [-0.1, -0.05) is 32.0 Å². The second kappa shape index (κ2) is 8.41. The molecule has 1 atom stereocenters. The van der Waals surface area contributed by atoms with Crippen LogP contribution in [0.2, 0.25) is 0 Å². The number of hydrogen-bond donors (Lipinski definition) is 0. The number of sulfonamides is 1. The summed E-state index contributed by atoms with van der Waals surface area (Å²) in [4.78, 5) is 14.3. The van der Waals surface area contributed by atoms with E-state index >= 15 is 0 Å². The smallest absolute Gasteiger partial charge is 0.254 e. The van der Waals surface area contributed by atoms with Crippen molar-refractivity contribution in [3.05, 3.63) is 65.5 Å². The van der Waals surface area contributed by atoms with Crippen LogP contribution in [-0.4, -0.2) is 49.7 Å². The van der Waals surface area contributed by atoms with Gasteiger partial charge in [0.1, 0.15) is 5.82 Å². The van der Waals surface area contributed by atoms with E-state index in [1.54, 1.807) is 23.1 Å². The van der Waals surface area contributed by atoms with Gasteiger partial charge in [-0.2, -0.15) is 4.31 Å². The van der Waals surface area contributed by atoms with Crippen molar-refractivity contribution in [2.45, 2.75) is 31.1 Å². The van der Waals surface area contributed by atoms with Crippen molar-refractivity contribution >= 4 is 15.9 Å². The summed E-state index contributed by atoms with van der Waals surface area (Å²) in [7, 11) is -3.60. The molecular formula is C21H25FN2O3S. The maximum atomic E-state index is 13.3. The molecule has 150 valence electrons. The van der Waals surface area contributed by atoms with E-state index in [-0.39, 0.29) is 42.5 Å². The summed E-state index contributed by atoms with van der Waals surface area (Å²) in [6.45, 7) is 5.20. The lowest BCUT2D eigenvalue weighted by Gasteiger charge is -2.34. The number of carbonyl (C=O) groups is 1.